The highest BCUT2D eigenvalue weighted by Crippen LogP contribution is 2.26. The number of H-pyrrole nitrogens is 1. The Balaban J connectivity index is 1.34. The molecule has 4 heterocycles. The van der Waals surface area contributed by atoms with Crippen LogP contribution in [0.3, 0.4) is 0 Å². The number of para-hydroxylation sites is 1. The maximum Gasteiger partial charge on any atom is 0.323 e. The quantitative estimate of drug-likeness (QED) is 0.474. The molecule has 5 N–H and O–H groups in total. The Morgan fingerprint density at radius 1 is 1.30 bits per heavy atom. The van der Waals surface area contributed by atoms with Crippen molar-refractivity contribution in [2.75, 3.05) is 30.3 Å². The molecule has 1 fully saturated rings. The van der Waals surface area contributed by atoms with Gasteiger partial charge in [0.05, 0.1) is 12.7 Å². The summed E-state index contributed by atoms with van der Waals surface area (Å²) >= 11 is 0. The van der Waals surface area contributed by atoms with Crippen LogP contribution in [-0.4, -0.2) is 51.2 Å². The number of aromatic nitrogens is 3. The number of anilines is 2. The summed E-state index contributed by atoms with van der Waals surface area (Å²) in [6.07, 6.45) is 7.17. The molecule has 0 spiro atoms. The van der Waals surface area contributed by atoms with Crippen molar-refractivity contribution in [1.29, 1.82) is 0 Å². The van der Waals surface area contributed by atoms with Crippen LogP contribution in [-0.2, 0) is 0 Å². The molecular weight excluding hydrogens is 423 g/mol. The summed E-state index contributed by atoms with van der Waals surface area (Å²) < 4.78 is 14.5. The number of carbonyl (C=O) groups is 1. The van der Waals surface area contributed by atoms with Crippen LogP contribution in [0, 0.1) is 5.82 Å². The van der Waals surface area contributed by atoms with Gasteiger partial charge < -0.3 is 26.3 Å². The lowest BCUT2D eigenvalue weighted by Crippen LogP contribution is -2.59. The number of amides is 2. The highest BCUT2D eigenvalue weighted by Gasteiger charge is 2.40. The number of nitrogens with one attached hydrogen (secondary N) is 3. The number of fused-ring (bicyclic) bond motifs is 1. The molecule has 2 aromatic heterocycles. The number of nitrogens with two attached hydrogens (primary N) is 1. The van der Waals surface area contributed by atoms with Crippen LogP contribution in [0.15, 0.2) is 47.7 Å². The molecule has 5 rings (SSSR count). The van der Waals surface area contributed by atoms with E-state index in [1.165, 1.54) is 0 Å². The van der Waals surface area contributed by atoms with E-state index in [0.717, 1.165) is 41.9 Å². The van der Waals surface area contributed by atoms with Crippen molar-refractivity contribution < 1.29 is 9.18 Å². The normalized spacial score (nSPS) is 19.4. The molecule has 1 aromatic carbocycles. The van der Waals surface area contributed by atoms with Crippen molar-refractivity contribution in [1.82, 2.24) is 19.9 Å². The summed E-state index contributed by atoms with van der Waals surface area (Å²) in [4.78, 5) is 30.6. The molecule has 1 atom stereocenters. The Morgan fingerprint density at radius 3 is 3.00 bits per heavy atom. The molecular formula is C23H25FN8O. The zero-order valence-corrected chi connectivity index (χ0v) is 18.0. The third-order valence-electron chi connectivity index (χ3n) is 5.99. The summed E-state index contributed by atoms with van der Waals surface area (Å²) in [6, 6.07) is 8.91. The lowest BCUT2D eigenvalue weighted by atomic mass is 10.1. The van der Waals surface area contributed by atoms with E-state index in [1.54, 1.807) is 11.1 Å². The summed E-state index contributed by atoms with van der Waals surface area (Å²) in [5, 5.41) is 6.80. The number of benzene rings is 1. The number of halogens is 1. The molecule has 2 amide bonds. The second-order valence-electron chi connectivity index (χ2n) is 8.24. The van der Waals surface area contributed by atoms with Crippen molar-refractivity contribution >= 4 is 23.6 Å². The number of hydrogen-bond acceptors (Lipinski definition) is 6. The van der Waals surface area contributed by atoms with Gasteiger partial charge in [0.25, 0.3) is 0 Å². The molecule has 33 heavy (non-hydrogen) atoms. The van der Waals surface area contributed by atoms with Gasteiger partial charge in [-0.3, -0.25) is 4.99 Å². The Kier molecular flexibility index (Phi) is 5.51. The number of hydrogen-bond donors (Lipinski definition) is 4. The molecule has 170 valence electrons. The number of carbonyl (C=O) groups excluding carboxylic acids is 1. The summed E-state index contributed by atoms with van der Waals surface area (Å²) in [5.74, 6) is -0.150. The first kappa shape index (κ1) is 21.1. The van der Waals surface area contributed by atoms with Gasteiger partial charge >= 0.3 is 6.03 Å². The Bertz CT molecular complexity index is 1290. The molecule has 10 heteroatoms. The second-order valence-corrected chi connectivity index (χ2v) is 8.24. The van der Waals surface area contributed by atoms with Crippen molar-refractivity contribution in [2.24, 2.45) is 10.7 Å². The van der Waals surface area contributed by atoms with E-state index in [-0.39, 0.29) is 18.4 Å². The maximum atomic E-state index is 14.5. The minimum absolute atomic E-state index is 0.0443. The van der Waals surface area contributed by atoms with E-state index in [0.29, 0.717) is 24.5 Å². The fourth-order valence-electron chi connectivity index (χ4n) is 4.29. The van der Waals surface area contributed by atoms with Crippen molar-refractivity contribution in [3.05, 3.63) is 59.2 Å². The largest absolute Gasteiger partial charge is 0.364 e. The highest BCUT2D eigenvalue weighted by atomic mass is 19.1. The van der Waals surface area contributed by atoms with Crippen LogP contribution in [0.4, 0.5) is 20.7 Å². The average molecular weight is 449 g/mol. The molecule has 0 radical (unpaired) electrons. The summed E-state index contributed by atoms with van der Waals surface area (Å²) in [7, 11) is 0. The molecule has 3 aromatic rings. The van der Waals surface area contributed by atoms with E-state index in [4.69, 9.17) is 5.73 Å². The van der Waals surface area contributed by atoms with E-state index < -0.39 is 11.5 Å². The van der Waals surface area contributed by atoms with Crippen LogP contribution in [0.1, 0.15) is 19.3 Å². The monoisotopic (exact) mass is 448 g/mol. The zero-order chi connectivity index (χ0) is 22.8. The third kappa shape index (κ3) is 4.17. The molecule has 1 saturated heterocycles. The van der Waals surface area contributed by atoms with Gasteiger partial charge in [-0.2, -0.15) is 0 Å². The van der Waals surface area contributed by atoms with Gasteiger partial charge in [-0.25, -0.2) is 19.2 Å². The fraction of sp³-hybridized carbons (Fsp3) is 0.304. The lowest BCUT2D eigenvalue weighted by molar-refractivity contribution is 0.168. The first-order valence-corrected chi connectivity index (χ1v) is 10.9. The average Bonchev–Trinajstić information content (AvgIpc) is 3.43. The minimum atomic E-state index is -0.976. The van der Waals surface area contributed by atoms with Gasteiger partial charge in [0, 0.05) is 35.8 Å². The van der Waals surface area contributed by atoms with Gasteiger partial charge in [-0.1, -0.05) is 24.3 Å². The van der Waals surface area contributed by atoms with Gasteiger partial charge in [0.1, 0.15) is 11.2 Å². The second kappa shape index (κ2) is 8.62. The smallest absolute Gasteiger partial charge is 0.323 e. The van der Waals surface area contributed by atoms with Crippen molar-refractivity contribution in [3.63, 3.8) is 0 Å². The lowest BCUT2D eigenvalue weighted by Gasteiger charge is -2.35. The van der Waals surface area contributed by atoms with Gasteiger partial charge in [-0.15, -0.1) is 0 Å². The predicted molar refractivity (Wildman–Crippen MR) is 123 cm³/mol. The molecule has 2 aliphatic heterocycles. The maximum absolute atomic E-state index is 14.5. The zero-order valence-electron chi connectivity index (χ0n) is 18.0. The van der Waals surface area contributed by atoms with Crippen LogP contribution >= 0.6 is 0 Å². The van der Waals surface area contributed by atoms with E-state index >= 15 is 0 Å². The molecule has 0 aliphatic carbocycles. The van der Waals surface area contributed by atoms with E-state index in [1.807, 2.05) is 30.3 Å². The number of rotatable bonds is 5. The van der Waals surface area contributed by atoms with Crippen LogP contribution in [0.5, 0.6) is 0 Å². The Hall–Kier alpha value is -3.79. The predicted octanol–water partition coefficient (Wildman–Crippen LogP) is 1.81. The van der Waals surface area contributed by atoms with Crippen LogP contribution in [0.2, 0.25) is 0 Å². The fourth-order valence-corrected chi connectivity index (χ4v) is 4.29. The third-order valence-corrected chi connectivity index (χ3v) is 5.99. The molecule has 0 bridgehead atoms. The van der Waals surface area contributed by atoms with Crippen LogP contribution in [0.25, 0.3) is 17.5 Å². The topological polar surface area (TPSA) is 124 Å². The van der Waals surface area contributed by atoms with Crippen LogP contribution < -0.4 is 27.1 Å². The molecule has 9 nitrogen and oxygen atoms in total. The summed E-state index contributed by atoms with van der Waals surface area (Å²) in [5.41, 5.74) is 7.86. The first-order chi connectivity index (χ1) is 16.0. The van der Waals surface area contributed by atoms with Gasteiger partial charge in [0.15, 0.2) is 17.5 Å². The van der Waals surface area contributed by atoms with Gasteiger partial charge in [0.2, 0.25) is 0 Å². The van der Waals surface area contributed by atoms with E-state index in [9.17, 15) is 9.18 Å². The standard InChI is InChI=1S/C23H25FN8O/c24-18-13-28-20(17-12-27-19-16(17)8-4-10-26-19)31-21(18)29-14-23(25)9-5-11-32(23)22(33)30-15-6-2-1-3-7-15/h1-3,6-8,12-13H,4-5,9-11,14,25H2,(H,26,27)(H,30,33)(H,28,29,31)/t23-/m1/s1. The minimum Gasteiger partial charge on any atom is -0.364 e. The van der Waals surface area contributed by atoms with Gasteiger partial charge in [-0.05, 0) is 31.4 Å². The molecule has 0 saturated carbocycles. The molecule has 2 aliphatic rings. The number of aromatic amines is 1. The number of urea groups is 1. The SMILES string of the molecule is N[C@]1(CNc2nc(-c3c[nH]c4c3=CCCN=4)ncc2F)CCCN1C(=O)Nc1ccccc1. The van der Waals surface area contributed by atoms with Crippen molar-refractivity contribution in [2.45, 2.75) is 24.9 Å². The number of likely N-dealkylation sites (tertiary alicyclic amines) is 1. The van der Waals surface area contributed by atoms with E-state index in [2.05, 4.69) is 36.7 Å². The molecule has 0 unspecified atom stereocenters. The van der Waals surface area contributed by atoms with Crippen molar-refractivity contribution in [3.8, 4) is 11.4 Å². The highest BCUT2D eigenvalue weighted by molar-refractivity contribution is 5.90. The summed E-state index contributed by atoms with van der Waals surface area (Å²) in [6.45, 7) is 1.40. The number of nitrogens with zero attached hydrogens (tertiary/aromatic N) is 4. The Labute approximate surface area is 189 Å². The Morgan fingerprint density at radius 2 is 2.15 bits per heavy atom. The first-order valence-electron chi connectivity index (χ1n) is 10.9.